The summed E-state index contributed by atoms with van der Waals surface area (Å²) in [5, 5.41) is 0. The monoisotopic (exact) mass is 256 g/mol. The van der Waals surface area contributed by atoms with Crippen molar-refractivity contribution >= 4 is 5.78 Å². The zero-order valence-corrected chi connectivity index (χ0v) is 11.5. The highest BCUT2D eigenvalue weighted by Crippen LogP contribution is 2.14. The first-order chi connectivity index (χ1) is 8.95. The van der Waals surface area contributed by atoms with Gasteiger partial charge in [0.25, 0.3) is 0 Å². The van der Waals surface area contributed by atoms with Crippen LogP contribution in [0.15, 0.2) is 36.4 Å². The average molecular weight is 256 g/mol. The number of hydrogen-bond donors (Lipinski definition) is 0. The highest BCUT2D eigenvalue weighted by Gasteiger charge is 2.09. The first-order valence-electron chi connectivity index (χ1n) is 6.32. The lowest BCUT2D eigenvalue weighted by molar-refractivity contribution is 0.0992. The molecule has 0 bridgehead atoms. The van der Waals surface area contributed by atoms with E-state index < -0.39 is 0 Å². The molecule has 0 saturated heterocycles. The third-order valence-electron chi connectivity index (χ3n) is 3.30. The molecule has 0 amide bonds. The SMILES string of the molecule is Cc1cc(F)cc(C(=O)Cc2ccc(C)c(C)c2)c1. The summed E-state index contributed by atoms with van der Waals surface area (Å²) < 4.78 is 13.3. The van der Waals surface area contributed by atoms with Gasteiger partial charge in [0.1, 0.15) is 5.82 Å². The number of hydrogen-bond acceptors (Lipinski definition) is 1. The minimum atomic E-state index is -0.358. The summed E-state index contributed by atoms with van der Waals surface area (Å²) in [6.07, 6.45) is 0.310. The van der Waals surface area contributed by atoms with Crippen LogP contribution in [0.5, 0.6) is 0 Å². The normalized spacial score (nSPS) is 10.5. The molecule has 1 nitrogen and oxygen atoms in total. The van der Waals surface area contributed by atoms with Crippen molar-refractivity contribution in [3.05, 3.63) is 70.0 Å². The maximum absolute atomic E-state index is 13.3. The van der Waals surface area contributed by atoms with Crippen LogP contribution >= 0.6 is 0 Å². The zero-order chi connectivity index (χ0) is 14.0. The number of halogens is 1. The van der Waals surface area contributed by atoms with Gasteiger partial charge in [-0.25, -0.2) is 4.39 Å². The molecular weight excluding hydrogens is 239 g/mol. The summed E-state index contributed by atoms with van der Waals surface area (Å²) >= 11 is 0. The van der Waals surface area contributed by atoms with E-state index >= 15 is 0 Å². The molecule has 19 heavy (non-hydrogen) atoms. The molecule has 0 spiro atoms. The molecule has 0 aliphatic heterocycles. The van der Waals surface area contributed by atoms with E-state index in [-0.39, 0.29) is 11.6 Å². The van der Waals surface area contributed by atoms with E-state index in [9.17, 15) is 9.18 Å². The Hall–Kier alpha value is -1.96. The smallest absolute Gasteiger partial charge is 0.167 e. The van der Waals surface area contributed by atoms with Crippen molar-refractivity contribution in [3.8, 4) is 0 Å². The Morgan fingerprint density at radius 3 is 2.37 bits per heavy atom. The molecule has 0 fully saturated rings. The molecular formula is C17H17FO. The number of aryl methyl sites for hydroxylation is 3. The lowest BCUT2D eigenvalue weighted by Crippen LogP contribution is -2.05. The van der Waals surface area contributed by atoms with Crippen molar-refractivity contribution in [2.45, 2.75) is 27.2 Å². The van der Waals surface area contributed by atoms with Crippen LogP contribution in [0.4, 0.5) is 4.39 Å². The summed E-state index contributed by atoms with van der Waals surface area (Å²) in [5.41, 5.74) is 4.55. The van der Waals surface area contributed by atoms with Crippen molar-refractivity contribution in [1.29, 1.82) is 0 Å². The minimum absolute atomic E-state index is 0.0501. The van der Waals surface area contributed by atoms with Crippen LogP contribution in [-0.2, 0) is 6.42 Å². The Morgan fingerprint density at radius 2 is 1.74 bits per heavy atom. The van der Waals surface area contributed by atoms with Crippen LogP contribution < -0.4 is 0 Å². The summed E-state index contributed by atoms with van der Waals surface area (Å²) in [4.78, 5) is 12.1. The van der Waals surface area contributed by atoms with Crippen molar-refractivity contribution in [2.24, 2.45) is 0 Å². The van der Waals surface area contributed by atoms with Gasteiger partial charge in [-0.2, -0.15) is 0 Å². The second-order valence-corrected chi connectivity index (χ2v) is 5.04. The van der Waals surface area contributed by atoms with Gasteiger partial charge in [-0.05, 0) is 61.2 Å². The Kier molecular flexibility index (Phi) is 3.79. The topological polar surface area (TPSA) is 17.1 Å². The van der Waals surface area contributed by atoms with E-state index in [4.69, 9.17) is 0 Å². The van der Waals surface area contributed by atoms with Crippen LogP contribution in [-0.4, -0.2) is 5.78 Å². The molecule has 0 aromatic heterocycles. The van der Waals surface area contributed by atoms with Gasteiger partial charge in [0.2, 0.25) is 0 Å². The van der Waals surface area contributed by atoms with Crippen LogP contribution in [0.3, 0.4) is 0 Å². The molecule has 0 aliphatic rings. The molecule has 0 heterocycles. The maximum Gasteiger partial charge on any atom is 0.167 e. The second kappa shape index (κ2) is 5.35. The zero-order valence-electron chi connectivity index (χ0n) is 11.5. The molecule has 0 saturated carbocycles. The van der Waals surface area contributed by atoms with Crippen molar-refractivity contribution in [3.63, 3.8) is 0 Å². The molecule has 0 unspecified atom stereocenters. The molecule has 2 rings (SSSR count). The van der Waals surface area contributed by atoms with Gasteiger partial charge in [0.15, 0.2) is 5.78 Å². The largest absolute Gasteiger partial charge is 0.294 e. The van der Waals surface area contributed by atoms with Gasteiger partial charge in [-0.3, -0.25) is 4.79 Å². The minimum Gasteiger partial charge on any atom is -0.294 e. The van der Waals surface area contributed by atoms with Gasteiger partial charge in [-0.1, -0.05) is 18.2 Å². The van der Waals surface area contributed by atoms with Gasteiger partial charge in [0.05, 0.1) is 0 Å². The predicted molar refractivity (Wildman–Crippen MR) is 75.1 cm³/mol. The van der Waals surface area contributed by atoms with E-state index in [2.05, 4.69) is 0 Å². The van der Waals surface area contributed by atoms with Crippen LogP contribution in [0.2, 0.25) is 0 Å². The van der Waals surface area contributed by atoms with E-state index in [0.717, 1.165) is 11.1 Å². The number of rotatable bonds is 3. The second-order valence-electron chi connectivity index (χ2n) is 5.04. The number of ketones is 1. The Labute approximate surface area is 113 Å². The number of carbonyl (C=O) groups excluding carboxylic acids is 1. The van der Waals surface area contributed by atoms with Crippen LogP contribution in [0.25, 0.3) is 0 Å². The molecule has 0 N–H and O–H groups in total. The summed E-state index contributed by atoms with van der Waals surface area (Å²) in [6.45, 7) is 5.85. The van der Waals surface area contributed by atoms with Crippen molar-refractivity contribution in [2.75, 3.05) is 0 Å². The summed E-state index contributed by atoms with van der Waals surface area (Å²) in [5.74, 6) is -0.408. The molecule has 0 atom stereocenters. The highest BCUT2D eigenvalue weighted by molar-refractivity contribution is 5.97. The molecule has 2 aromatic carbocycles. The Bertz CT molecular complexity index is 609. The van der Waals surface area contributed by atoms with E-state index in [0.29, 0.717) is 12.0 Å². The van der Waals surface area contributed by atoms with Crippen LogP contribution in [0.1, 0.15) is 32.6 Å². The van der Waals surface area contributed by atoms with Crippen LogP contribution in [0, 0.1) is 26.6 Å². The lowest BCUT2D eigenvalue weighted by atomic mass is 9.99. The van der Waals surface area contributed by atoms with E-state index in [1.807, 2.05) is 32.0 Å². The first kappa shape index (κ1) is 13.5. The van der Waals surface area contributed by atoms with Gasteiger partial charge >= 0.3 is 0 Å². The Morgan fingerprint density at radius 1 is 1.00 bits per heavy atom. The quantitative estimate of drug-likeness (QED) is 0.753. The fourth-order valence-electron chi connectivity index (χ4n) is 2.10. The summed E-state index contributed by atoms with van der Waals surface area (Å²) in [6, 6.07) is 10.4. The average Bonchev–Trinajstić information content (AvgIpc) is 2.32. The number of Topliss-reactive ketones (excluding diaryl/α,β-unsaturated/α-hetero) is 1. The lowest BCUT2D eigenvalue weighted by Gasteiger charge is -2.06. The van der Waals surface area contributed by atoms with E-state index in [1.165, 1.54) is 23.3 Å². The molecule has 98 valence electrons. The van der Waals surface area contributed by atoms with E-state index in [1.54, 1.807) is 13.0 Å². The fourth-order valence-corrected chi connectivity index (χ4v) is 2.10. The standard InChI is InChI=1S/C17H17FO/c1-11-6-15(10-16(18)7-11)17(19)9-14-5-4-12(2)13(3)8-14/h4-8,10H,9H2,1-3H3. The highest BCUT2D eigenvalue weighted by atomic mass is 19.1. The summed E-state index contributed by atoms with van der Waals surface area (Å²) in [7, 11) is 0. The van der Waals surface area contributed by atoms with Crippen molar-refractivity contribution < 1.29 is 9.18 Å². The maximum atomic E-state index is 13.3. The fraction of sp³-hybridized carbons (Fsp3) is 0.235. The molecule has 2 aromatic rings. The van der Waals surface area contributed by atoms with Gasteiger partial charge in [-0.15, -0.1) is 0 Å². The first-order valence-corrected chi connectivity index (χ1v) is 6.32. The molecule has 0 aliphatic carbocycles. The number of benzene rings is 2. The van der Waals surface area contributed by atoms with Gasteiger partial charge in [0, 0.05) is 12.0 Å². The predicted octanol–water partition coefficient (Wildman–Crippen LogP) is 4.18. The third-order valence-corrected chi connectivity index (χ3v) is 3.30. The van der Waals surface area contributed by atoms with Gasteiger partial charge < -0.3 is 0 Å². The molecule has 0 radical (unpaired) electrons. The third kappa shape index (κ3) is 3.28. The Balaban J connectivity index is 2.22. The number of carbonyl (C=O) groups is 1. The van der Waals surface area contributed by atoms with Crippen molar-refractivity contribution in [1.82, 2.24) is 0 Å². The molecule has 2 heteroatoms.